The molecule has 1 saturated heterocycles. The Hall–Kier alpha value is -4.30. The van der Waals surface area contributed by atoms with E-state index in [0.29, 0.717) is 37.6 Å². The van der Waals surface area contributed by atoms with Crippen LogP contribution in [0, 0.1) is 0 Å². The third kappa shape index (κ3) is 15.3. The number of methoxy groups -OCH3 is 2. The number of halogens is 1. The highest BCUT2D eigenvalue weighted by Crippen LogP contribution is 2.25. The van der Waals surface area contributed by atoms with Crippen LogP contribution in [-0.2, 0) is 31.9 Å². The number of benzene rings is 2. The Kier molecular flexibility index (Phi) is 18.8. The number of carbonyl (C=O) groups excluding carboxylic acids is 3. The predicted octanol–water partition coefficient (Wildman–Crippen LogP) is 5.80. The Balaban J connectivity index is 1.33. The highest BCUT2D eigenvalue weighted by molar-refractivity contribution is 6.31. The van der Waals surface area contributed by atoms with Crippen molar-refractivity contribution in [1.82, 2.24) is 15.3 Å². The number of unbranched alkanes of at least 4 members (excludes halogenated alkanes) is 2. The molecule has 3 aromatic rings. The number of ketones is 2. The van der Waals surface area contributed by atoms with Crippen LogP contribution >= 0.6 is 11.6 Å². The molecule has 306 valence electrons. The van der Waals surface area contributed by atoms with Gasteiger partial charge in [-0.1, -0.05) is 35.9 Å². The van der Waals surface area contributed by atoms with Gasteiger partial charge < -0.3 is 40.2 Å². The molecule has 0 bridgehead atoms. The number of nitrogens with two attached hydrogens (primary N) is 2. The lowest BCUT2D eigenvalue weighted by atomic mass is 9.99. The lowest BCUT2D eigenvalue weighted by molar-refractivity contribution is -0.933. The molecular formula is C42H60ClN6O7+. The second kappa shape index (κ2) is 23.7. The summed E-state index contributed by atoms with van der Waals surface area (Å²) in [4.78, 5) is 45.8. The molecule has 2 aromatic carbocycles. The van der Waals surface area contributed by atoms with E-state index in [1.54, 1.807) is 14.2 Å². The lowest BCUT2D eigenvalue weighted by Crippen LogP contribution is -2.60. The van der Waals surface area contributed by atoms with Crippen LogP contribution in [0.3, 0.4) is 0 Å². The number of quaternary nitrogens is 1. The van der Waals surface area contributed by atoms with E-state index >= 15 is 0 Å². The van der Waals surface area contributed by atoms with Gasteiger partial charge in [0.05, 0.1) is 32.2 Å². The van der Waals surface area contributed by atoms with Gasteiger partial charge in [-0.15, -0.1) is 0 Å². The Morgan fingerprint density at radius 1 is 0.750 bits per heavy atom. The van der Waals surface area contributed by atoms with E-state index in [1.807, 2.05) is 24.3 Å². The fraction of sp³-hybridized carbons (Fsp3) is 0.548. The molecule has 4 rings (SSSR count). The maximum atomic E-state index is 13.3. The molecule has 1 aliphatic heterocycles. The number of piperidine rings is 1. The zero-order chi connectivity index (χ0) is 40.2. The van der Waals surface area contributed by atoms with Crippen LogP contribution in [0.15, 0.2) is 48.5 Å². The highest BCUT2D eigenvalue weighted by atomic mass is 35.5. The van der Waals surface area contributed by atoms with E-state index in [4.69, 9.17) is 42.0 Å². The molecule has 13 nitrogen and oxygen atoms in total. The van der Waals surface area contributed by atoms with Crippen molar-refractivity contribution in [2.45, 2.75) is 83.1 Å². The highest BCUT2D eigenvalue weighted by Gasteiger charge is 2.35. The number of anilines is 2. The van der Waals surface area contributed by atoms with Gasteiger partial charge in [-0.3, -0.25) is 14.4 Å². The Morgan fingerprint density at radius 3 is 1.77 bits per heavy atom. The van der Waals surface area contributed by atoms with Crippen molar-refractivity contribution in [3.8, 4) is 11.5 Å². The number of aryl methyl sites for hydroxylation is 2. The second-order valence-electron chi connectivity index (χ2n) is 14.7. The van der Waals surface area contributed by atoms with Gasteiger partial charge in [0.15, 0.2) is 34.0 Å². The molecule has 0 aliphatic carbocycles. The topological polar surface area (TPSA) is 178 Å². The predicted molar refractivity (Wildman–Crippen MR) is 218 cm³/mol. The molecule has 0 spiro atoms. The quantitative estimate of drug-likeness (QED) is 0.0661. The molecule has 1 atom stereocenters. The first kappa shape index (κ1) is 44.4. The zero-order valence-electron chi connectivity index (χ0n) is 33.1. The van der Waals surface area contributed by atoms with Gasteiger partial charge in [0.25, 0.3) is 5.91 Å². The van der Waals surface area contributed by atoms with Crippen LogP contribution in [0.1, 0.15) is 85.8 Å². The molecule has 1 aliphatic rings. The molecule has 0 saturated carbocycles. The van der Waals surface area contributed by atoms with Crippen molar-refractivity contribution in [3.05, 3.63) is 70.5 Å². The van der Waals surface area contributed by atoms with Gasteiger partial charge in [-0.05, 0) is 86.8 Å². The van der Waals surface area contributed by atoms with E-state index in [0.717, 1.165) is 94.9 Å². The summed E-state index contributed by atoms with van der Waals surface area (Å²) in [5.41, 5.74) is 14.1. The average Bonchev–Trinajstić information content (AvgIpc) is 3.19. The van der Waals surface area contributed by atoms with E-state index in [-0.39, 0.29) is 53.3 Å². The monoisotopic (exact) mass is 795 g/mol. The number of likely N-dealkylation sites (tertiary alicyclic amines) is 1. The van der Waals surface area contributed by atoms with Crippen molar-refractivity contribution < 1.29 is 37.8 Å². The zero-order valence-corrected chi connectivity index (χ0v) is 33.8. The smallest absolute Gasteiger partial charge is 0.274 e. The number of nitrogens with one attached hydrogen (secondary N) is 1. The average molecular weight is 796 g/mol. The number of carbonyl (C=O) groups is 3. The molecule has 5 N–H and O–H groups in total. The Bertz CT molecular complexity index is 1600. The summed E-state index contributed by atoms with van der Waals surface area (Å²) in [6.45, 7) is 5.15. The van der Waals surface area contributed by atoms with E-state index < -0.39 is 5.91 Å². The van der Waals surface area contributed by atoms with Gasteiger partial charge in [-0.2, -0.15) is 0 Å². The fourth-order valence-electron chi connectivity index (χ4n) is 7.17. The number of rotatable bonds is 26. The van der Waals surface area contributed by atoms with Crippen LogP contribution < -0.4 is 26.3 Å². The van der Waals surface area contributed by atoms with Gasteiger partial charge in [-0.25, -0.2) is 9.97 Å². The van der Waals surface area contributed by atoms with Crippen molar-refractivity contribution >= 4 is 40.7 Å². The summed E-state index contributed by atoms with van der Waals surface area (Å²) < 4.78 is 22.5. The number of aromatic nitrogens is 2. The van der Waals surface area contributed by atoms with E-state index in [1.165, 1.54) is 11.1 Å². The molecule has 2 heterocycles. The second-order valence-corrected chi connectivity index (χ2v) is 15.0. The first-order chi connectivity index (χ1) is 27.1. The number of nitrogen functional groups attached to an aromatic ring is 2. The molecule has 14 heteroatoms. The standard InChI is InChI=1S/C42H59ClN6O7/c1-53-26-5-3-13-34(50)29-55-36-19-15-31(16-20-36)10-7-23-49(25-9-12-33(28-49)46-42(52)38-40(44)48-41(45)39(43)47-38)24-8-11-32-17-21-37(22-18-32)56-30-35(51)14-4-6-27-54-2/h15-22,33H,3-14,23-30H2,1-2H3,(H4-,44,45,46,48,52)/p+1/t33-/m0/s1. The summed E-state index contributed by atoms with van der Waals surface area (Å²) >= 11 is 6.07. The third-order valence-electron chi connectivity index (χ3n) is 10.2. The van der Waals surface area contributed by atoms with Gasteiger partial charge in [0.2, 0.25) is 0 Å². The van der Waals surface area contributed by atoms with Crippen LogP contribution in [0.2, 0.25) is 5.15 Å². The maximum Gasteiger partial charge on any atom is 0.274 e. The first-order valence-corrected chi connectivity index (χ1v) is 20.2. The number of hydrogen-bond acceptors (Lipinski definition) is 11. The van der Waals surface area contributed by atoms with E-state index in [2.05, 4.69) is 39.6 Å². The lowest BCUT2D eigenvalue weighted by Gasteiger charge is -2.45. The van der Waals surface area contributed by atoms with Crippen molar-refractivity contribution in [2.24, 2.45) is 0 Å². The number of ether oxygens (including phenoxy) is 4. The summed E-state index contributed by atoms with van der Waals surface area (Å²) in [6.07, 6.45) is 9.81. The largest absolute Gasteiger partial charge is 0.486 e. The number of amides is 1. The third-order valence-corrected chi connectivity index (χ3v) is 10.5. The normalized spacial score (nSPS) is 14.9. The summed E-state index contributed by atoms with van der Waals surface area (Å²) in [5, 5.41) is 3.10. The summed E-state index contributed by atoms with van der Waals surface area (Å²) in [7, 11) is 3.32. The molecule has 1 fully saturated rings. The van der Waals surface area contributed by atoms with Gasteiger partial charge in [0, 0.05) is 53.1 Å². The van der Waals surface area contributed by atoms with Crippen LogP contribution in [0.5, 0.6) is 11.5 Å². The SMILES string of the molecule is COCCCCC(=O)COc1ccc(CCC[N+]2(CCCc3ccc(OCC(=O)CCCCOC)cc3)CCC[C@H](NC(=O)c3nc(Cl)c(N)nc3N)C2)cc1. The molecule has 56 heavy (non-hydrogen) atoms. The van der Waals surface area contributed by atoms with Crippen molar-refractivity contribution in [3.63, 3.8) is 0 Å². The minimum atomic E-state index is -0.410. The number of Topliss-reactive ketones (excluding diaryl/α,β-unsaturated/α-hetero) is 2. The summed E-state index contributed by atoms with van der Waals surface area (Å²) in [6, 6.07) is 15.9. The number of hydrogen-bond donors (Lipinski definition) is 3. The van der Waals surface area contributed by atoms with Crippen LogP contribution in [-0.4, -0.2) is 105 Å². The van der Waals surface area contributed by atoms with Crippen molar-refractivity contribution in [1.29, 1.82) is 0 Å². The Labute approximate surface area is 336 Å². The molecule has 1 aromatic heterocycles. The van der Waals surface area contributed by atoms with Gasteiger partial charge in [0.1, 0.15) is 24.7 Å². The van der Waals surface area contributed by atoms with Crippen LogP contribution in [0.25, 0.3) is 0 Å². The minimum Gasteiger partial charge on any atom is -0.486 e. The maximum absolute atomic E-state index is 13.3. The number of nitrogens with zero attached hydrogens (tertiary/aromatic N) is 3. The molecular weight excluding hydrogens is 736 g/mol. The molecule has 0 radical (unpaired) electrons. The molecule has 0 unspecified atom stereocenters. The fourth-order valence-corrected chi connectivity index (χ4v) is 7.30. The van der Waals surface area contributed by atoms with Gasteiger partial charge >= 0.3 is 0 Å². The Morgan fingerprint density at radius 2 is 1.27 bits per heavy atom. The minimum absolute atomic E-state index is 0.0163. The first-order valence-electron chi connectivity index (χ1n) is 19.8. The molecule has 1 amide bonds. The van der Waals surface area contributed by atoms with Crippen molar-refractivity contribution in [2.75, 3.05) is 78.3 Å². The summed E-state index contributed by atoms with van der Waals surface area (Å²) in [5.74, 6) is 1.07. The van der Waals surface area contributed by atoms with Crippen LogP contribution in [0.4, 0.5) is 11.6 Å². The van der Waals surface area contributed by atoms with E-state index in [9.17, 15) is 14.4 Å².